The number of phenolic OH excluding ortho intramolecular Hbond substituents is 1. The first-order valence-electron chi connectivity index (χ1n) is 7.95. The Hall–Kier alpha value is -3.01. The average molecular weight is 393 g/mol. The van der Waals surface area contributed by atoms with E-state index in [0.29, 0.717) is 0 Å². The number of carbonyl (C=O) groups excluding carboxylic acids is 1. The van der Waals surface area contributed by atoms with Crippen LogP contribution in [0.2, 0.25) is 0 Å². The molecule has 0 amide bonds. The van der Waals surface area contributed by atoms with Crippen molar-refractivity contribution in [2.45, 2.75) is 24.8 Å². The Labute approximate surface area is 156 Å². The normalized spacial score (nSPS) is 12.7. The molecule has 0 spiro atoms. The summed E-state index contributed by atoms with van der Waals surface area (Å²) in [6, 6.07) is 6.26. The molecule has 2 aromatic rings. The maximum atomic E-state index is 11.5. The number of aromatic hydroxyl groups is 1. The lowest BCUT2D eigenvalue weighted by Gasteiger charge is -2.07. The first-order chi connectivity index (χ1) is 12.7. The van der Waals surface area contributed by atoms with Crippen LogP contribution in [-0.4, -0.2) is 43.4 Å². The van der Waals surface area contributed by atoms with E-state index in [9.17, 15) is 18.3 Å². The molecule has 144 valence electrons. The average Bonchev–Trinajstić information content (AvgIpc) is 2.60. The molecule has 9 nitrogen and oxygen atoms in total. The zero-order valence-electron chi connectivity index (χ0n) is 15.0. The lowest BCUT2D eigenvalue weighted by Crippen LogP contribution is -2.17. The molecule has 1 atom stereocenters. The van der Waals surface area contributed by atoms with Crippen molar-refractivity contribution in [3.8, 4) is 17.4 Å². The quantitative estimate of drug-likeness (QED) is 0.565. The number of azo groups is 1. The van der Waals surface area contributed by atoms with Gasteiger partial charge < -0.3 is 14.6 Å². The molecule has 0 saturated heterocycles. The van der Waals surface area contributed by atoms with Crippen LogP contribution >= 0.6 is 0 Å². The number of pyridine rings is 1. The predicted octanol–water partition coefficient (Wildman–Crippen LogP) is 3.02. The largest absolute Gasteiger partial charge is 0.505 e. The minimum absolute atomic E-state index is 0.0733. The van der Waals surface area contributed by atoms with E-state index in [4.69, 9.17) is 9.47 Å². The molecule has 0 bridgehead atoms. The lowest BCUT2D eigenvalue weighted by molar-refractivity contribution is -0.144. The highest BCUT2D eigenvalue weighted by Crippen LogP contribution is 2.32. The van der Waals surface area contributed by atoms with Gasteiger partial charge in [-0.25, -0.2) is 18.2 Å². The van der Waals surface area contributed by atoms with E-state index < -0.39 is 21.8 Å². The monoisotopic (exact) mass is 393 g/mol. The summed E-state index contributed by atoms with van der Waals surface area (Å²) in [6.07, 6.45) is 2.27. The van der Waals surface area contributed by atoms with Crippen LogP contribution in [0.4, 0.5) is 5.69 Å². The molecule has 1 aromatic carbocycles. The van der Waals surface area contributed by atoms with Gasteiger partial charge in [0.1, 0.15) is 17.2 Å². The molecule has 1 N–H and O–H groups in total. The van der Waals surface area contributed by atoms with E-state index in [0.717, 1.165) is 6.26 Å². The second kappa shape index (κ2) is 8.58. The van der Waals surface area contributed by atoms with Crippen molar-refractivity contribution in [1.82, 2.24) is 4.98 Å². The summed E-state index contributed by atoms with van der Waals surface area (Å²) in [5.41, 5.74) is 0.152. The highest BCUT2D eigenvalue weighted by molar-refractivity contribution is 7.90. The van der Waals surface area contributed by atoms with Crippen LogP contribution in [0.15, 0.2) is 51.7 Å². The van der Waals surface area contributed by atoms with Crippen molar-refractivity contribution in [3.63, 3.8) is 0 Å². The highest BCUT2D eigenvalue weighted by atomic mass is 32.2. The molecule has 27 heavy (non-hydrogen) atoms. The smallest absolute Gasteiger partial charge is 0.332 e. The number of aromatic nitrogens is 1. The topological polar surface area (TPSA) is 128 Å². The number of carbonyl (C=O) groups is 1. The number of sulfone groups is 1. The minimum Gasteiger partial charge on any atom is -0.505 e. The van der Waals surface area contributed by atoms with E-state index in [-0.39, 0.29) is 34.6 Å². The molecule has 0 aliphatic rings. The highest BCUT2D eigenvalue weighted by Gasteiger charge is 2.13. The SMILES string of the molecule is CCOC(=O)C(C)N=Nc1ccc(Oc2ccc(S(C)(=O)=O)cn2)cc1O. The minimum atomic E-state index is -3.34. The number of ether oxygens (including phenoxy) is 2. The van der Waals surface area contributed by atoms with Crippen LogP contribution in [0, 0.1) is 0 Å². The van der Waals surface area contributed by atoms with Gasteiger partial charge in [-0.3, -0.25) is 0 Å². The predicted molar refractivity (Wildman–Crippen MR) is 96.1 cm³/mol. The van der Waals surface area contributed by atoms with Gasteiger partial charge in [-0.05, 0) is 32.0 Å². The first kappa shape index (κ1) is 20.3. The third-order valence-electron chi connectivity index (χ3n) is 3.27. The zero-order chi connectivity index (χ0) is 20.0. The summed E-state index contributed by atoms with van der Waals surface area (Å²) >= 11 is 0. The van der Waals surface area contributed by atoms with Crippen molar-refractivity contribution in [1.29, 1.82) is 0 Å². The summed E-state index contributed by atoms with van der Waals surface area (Å²) in [7, 11) is -3.34. The van der Waals surface area contributed by atoms with Gasteiger partial charge in [0.25, 0.3) is 0 Å². The molecular formula is C17H19N3O6S. The van der Waals surface area contributed by atoms with Crippen LogP contribution in [0.3, 0.4) is 0 Å². The molecule has 0 fully saturated rings. The van der Waals surface area contributed by atoms with Crippen molar-refractivity contribution >= 4 is 21.5 Å². The number of hydrogen-bond acceptors (Lipinski definition) is 9. The van der Waals surface area contributed by atoms with Crippen molar-refractivity contribution < 1.29 is 27.8 Å². The third kappa shape index (κ3) is 5.74. The fourth-order valence-electron chi connectivity index (χ4n) is 1.88. The number of esters is 1. The molecule has 10 heteroatoms. The van der Waals surface area contributed by atoms with E-state index in [1.165, 1.54) is 43.5 Å². The molecule has 0 saturated carbocycles. The van der Waals surface area contributed by atoms with Gasteiger partial charge in [0, 0.05) is 24.6 Å². The van der Waals surface area contributed by atoms with Crippen molar-refractivity contribution in [3.05, 3.63) is 36.5 Å². The Kier molecular flexibility index (Phi) is 6.45. The summed E-state index contributed by atoms with van der Waals surface area (Å²) < 4.78 is 33.1. The third-order valence-corrected chi connectivity index (χ3v) is 4.37. The van der Waals surface area contributed by atoms with Crippen LogP contribution in [0.25, 0.3) is 0 Å². The maximum Gasteiger partial charge on any atom is 0.332 e. The van der Waals surface area contributed by atoms with Gasteiger partial charge >= 0.3 is 5.97 Å². The standard InChI is InChI=1S/C17H19N3O6S/c1-4-25-17(22)11(2)19-20-14-7-5-12(9-15(14)21)26-16-8-6-13(10-18-16)27(3,23)24/h5-11,21H,4H2,1-3H3. The Morgan fingerprint density at radius 2 is 2.04 bits per heavy atom. The van der Waals surface area contributed by atoms with E-state index >= 15 is 0 Å². The molecule has 1 unspecified atom stereocenters. The van der Waals surface area contributed by atoms with E-state index in [2.05, 4.69) is 15.2 Å². The molecule has 0 aliphatic heterocycles. The molecule has 1 aromatic heterocycles. The van der Waals surface area contributed by atoms with Crippen LogP contribution < -0.4 is 4.74 Å². The summed E-state index contributed by atoms with van der Waals surface area (Å²) in [4.78, 5) is 15.5. The van der Waals surface area contributed by atoms with E-state index in [1.807, 2.05) is 0 Å². The zero-order valence-corrected chi connectivity index (χ0v) is 15.8. The Morgan fingerprint density at radius 3 is 2.59 bits per heavy atom. The number of rotatable bonds is 7. The van der Waals surface area contributed by atoms with Crippen molar-refractivity contribution in [2.75, 3.05) is 12.9 Å². The lowest BCUT2D eigenvalue weighted by atomic mass is 10.3. The Balaban J connectivity index is 2.09. The number of nitrogens with zero attached hydrogens (tertiary/aromatic N) is 3. The Bertz CT molecular complexity index is 942. The molecule has 0 radical (unpaired) electrons. The molecule has 1 heterocycles. The second-order valence-electron chi connectivity index (χ2n) is 5.50. The summed E-state index contributed by atoms with van der Waals surface area (Å²) in [6.45, 7) is 3.47. The number of hydrogen-bond donors (Lipinski definition) is 1. The van der Waals surface area contributed by atoms with Gasteiger partial charge in [-0.2, -0.15) is 10.2 Å². The van der Waals surface area contributed by atoms with Gasteiger partial charge in [-0.15, -0.1) is 0 Å². The second-order valence-corrected chi connectivity index (χ2v) is 7.52. The van der Waals surface area contributed by atoms with Gasteiger partial charge in [0.2, 0.25) is 5.88 Å². The fourth-order valence-corrected chi connectivity index (χ4v) is 2.44. The first-order valence-corrected chi connectivity index (χ1v) is 9.84. The van der Waals surface area contributed by atoms with Gasteiger partial charge in [-0.1, -0.05) is 0 Å². The molecular weight excluding hydrogens is 374 g/mol. The maximum absolute atomic E-state index is 11.5. The molecule has 2 rings (SSSR count). The Morgan fingerprint density at radius 1 is 1.30 bits per heavy atom. The van der Waals surface area contributed by atoms with Crippen LogP contribution in [0.5, 0.6) is 17.4 Å². The molecule has 0 aliphatic carbocycles. The number of benzene rings is 1. The van der Waals surface area contributed by atoms with Gasteiger partial charge in [0.05, 0.1) is 11.5 Å². The summed E-state index contributed by atoms with van der Waals surface area (Å²) in [5.74, 6) is -0.291. The van der Waals surface area contributed by atoms with Crippen molar-refractivity contribution in [2.24, 2.45) is 10.2 Å². The fraction of sp³-hybridized carbons (Fsp3) is 0.294. The van der Waals surface area contributed by atoms with Gasteiger partial charge in [0.15, 0.2) is 15.9 Å². The summed E-state index contributed by atoms with van der Waals surface area (Å²) in [5, 5.41) is 17.7. The van der Waals surface area contributed by atoms with Crippen LogP contribution in [-0.2, 0) is 19.4 Å². The van der Waals surface area contributed by atoms with Crippen LogP contribution in [0.1, 0.15) is 13.8 Å². The number of phenols is 1. The van der Waals surface area contributed by atoms with E-state index in [1.54, 1.807) is 6.92 Å².